The van der Waals surface area contributed by atoms with Gasteiger partial charge in [-0.2, -0.15) is 5.21 Å². The third-order valence-electron chi connectivity index (χ3n) is 6.05. The van der Waals surface area contributed by atoms with Crippen LogP contribution < -0.4 is 0 Å². The van der Waals surface area contributed by atoms with E-state index >= 15 is 0 Å². The fourth-order valence-corrected chi connectivity index (χ4v) is 4.11. The number of rotatable bonds is 4. The zero-order chi connectivity index (χ0) is 20.8. The van der Waals surface area contributed by atoms with Gasteiger partial charge in [0.1, 0.15) is 0 Å². The lowest BCUT2D eigenvalue weighted by molar-refractivity contribution is 0.562. The Balaban J connectivity index is 1.68. The SMILES string of the molecule is C=C(c1ccc(Cc2nn[nH]n2)cc1)c1cc2c(cc1C)C(C)(C)C=CC2(C)C. The predicted octanol–water partition coefficient (Wildman–Crippen LogP) is 5.29. The van der Waals surface area contributed by atoms with Crippen molar-refractivity contribution in [2.24, 2.45) is 0 Å². The van der Waals surface area contributed by atoms with E-state index in [9.17, 15) is 0 Å². The number of hydrogen-bond acceptors (Lipinski definition) is 3. The largest absolute Gasteiger partial charge is 0.178 e. The van der Waals surface area contributed by atoms with Crippen LogP contribution in [0.15, 0.2) is 55.1 Å². The number of tetrazole rings is 1. The standard InChI is InChI=1S/C25H28N4/c1-16-13-21-22(25(5,6)12-11-24(21,3)4)15-20(16)17(2)19-9-7-18(8-10-19)14-23-26-28-29-27-23/h7-13,15H,2,14H2,1,3-6H3,(H,26,27,28,29). The minimum Gasteiger partial charge on any atom is -0.177 e. The molecule has 0 saturated heterocycles. The van der Waals surface area contributed by atoms with E-state index in [4.69, 9.17) is 0 Å². The quantitative estimate of drug-likeness (QED) is 0.622. The van der Waals surface area contributed by atoms with E-state index in [1.807, 2.05) is 0 Å². The van der Waals surface area contributed by atoms with Crippen molar-refractivity contribution < 1.29 is 0 Å². The number of H-pyrrole nitrogens is 1. The van der Waals surface area contributed by atoms with Gasteiger partial charge in [0.15, 0.2) is 5.82 Å². The van der Waals surface area contributed by atoms with Crippen molar-refractivity contribution in [2.45, 2.75) is 51.9 Å². The molecular formula is C25H28N4. The Morgan fingerprint density at radius 1 is 0.966 bits per heavy atom. The molecule has 1 aliphatic rings. The number of allylic oxidation sites excluding steroid dienone is 2. The summed E-state index contributed by atoms with van der Waals surface area (Å²) in [7, 11) is 0. The first-order valence-electron chi connectivity index (χ1n) is 10.0. The van der Waals surface area contributed by atoms with Crippen LogP contribution in [0.4, 0.5) is 0 Å². The van der Waals surface area contributed by atoms with Gasteiger partial charge in [0.25, 0.3) is 0 Å². The number of hydrogen-bond donors (Lipinski definition) is 1. The van der Waals surface area contributed by atoms with Crippen LogP contribution in [0.1, 0.15) is 66.9 Å². The van der Waals surface area contributed by atoms with Crippen LogP contribution in [0, 0.1) is 6.92 Å². The molecule has 0 bridgehead atoms. The lowest BCUT2D eigenvalue weighted by Crippen LogP contribution is -2.29. The number of benzene rings is 2. The van der Waals surface area contributed by atoms with Gasteiger partial charge in [0, 0.05) is 17.3 Å². The minimum absolute atomic E-state index is 0.0159. The fraction of sp³-hybridized carbons (Fsp3) is 0.320. The summed E-state index contributed by atoms with van der Waals surface area (Å²) in [6.07, 6.45) is 5.34. The number of aromatic nitrogens is 4. The second-order valence-corrected chi connectivity index (χ2v) is 9.17. The molecule has 4 rings (SSSR count). The normalized spacial score (nSPS) is 16.4. The Hall–Kier alpha value is -3.01. The molecule has 1 aromatic heterocycles. The van der Waals surface area contributed by atoms with Crippen molar-refractivity contribution >= 4 is 5.57 Å². The maximum atomic E-state index is 4.44. The summed E-state index contributed by atoms with van der Waals surface area (Å²) in [4.78, 5) is 0. The lowest BCUT2D eigenvalue weighted by Gasteiger charge is -2.37. The summed E-state index contributed by atoms with van der Waals surface area (Å²) in [6.45, 7) is 15.8. The van der Waals surface area contributed by atoms with Gasteiger partial charge in [0.2, 0.25) is 0 Å². The molecule has 0 amide bonds. The molecule has 148 valence electrons. The number of aromatic amines is 1. The Bertz CT molecular complexity index is 1080. The van der Waals surface area contributed by atoms with E-state index in [0.29, 0.717) is 12.2 Å². The Labute approximate surface area is 172 Å². The first-order valence-corrected chi connectivity index (χ1v) is 10.0. The molecule has 0 saturated carbocycles. The Morgan fingerprint density at radius 3 is 2.17 bits per heavy atom. The molecule has 29 heavy (non-hydrogen) atoms. The van der Waals surface area contributed by atoms with Gasteiger partial charge in [-0.25, -0.2) is 0 Å². The highest BCUT2D eigenvalue weighted by Crippen LogP contribution is 2.43. The molecule has 4 nitrogen and oxygen atoms in total. The fourth-order valence-electron chi connectivity index (χ4n) is 4.11. The van der Waals surface area contributed by atoms with Crippen LogP contribution in [0.3, 0.4) is 0 Å². The van der Waals surface area contributed by atoms with E-state index in [1.54, 1.807) is 0 Å². The van der Waals surface area contributed by atoms with Crippen molar-refractivity contribution in [1.82, 2.24) is 20.6 Å². The average Bonchev–Trinajstić information content (AvgIpc) is 3.18. The number of nitrogens with zero attached hydrogens (tertiary/aromatic N) is 3. The van der Waals surface area contributed by atoms with Gasteiger partial charge in [-0.05, 0) is 51.9 Å². The Morgan fingerprint density at radius 2 is 1.59 bits per heavy atom. The van der Waals surface area contributed by atoms with Crippen molar-refractivity contribution in [3.63, 3.8) is 0 Å². The molecular weight excluding hydrogens is 356 g/mol. The summed E-state index contributed by atoms with van der Waals surface area (Å²) in [5.41, 5.74) is 8.69. The number of fused-ring (bicyclic) bond motifs is 1. The van der Waals surface area contributed by atoms with E-state index in [-0.39, 0.29) is 10.8 Å². The molecule has 0 unspecified atom stereocenters. The van der Waals surface area contributed by atoms with Crippen LogP contribution >= 0.6 is 0 Å². The van der Waals surface area contributed by atoms with Crippen LogP contribution in [0.2, 0.25) is 0 Å². The van der Waals surface area contributed by atoms with Gasteiger partial charge in [-0.1, -0.05) is 82.0 Å². The zero-order valence-electron chi connectivity index (χ0n) is 17.9. The Kier molecular flexibility index (Phi) is 4.53. The molecule has 4 heteroatoms. The van der Waals surface area contributed by atoms with E-state index in [0.717, 1.165) is 16.7 Å². The van der Waals surface area contributed by atoms with Crippen molar-refractivity contribution in [1.29, 1.82) is 0 Å². The van der Waals surface area contributed by atoms with Crippen molar-refractivity contribution in [3.05, 3.63) is 94.3 Å². The van der Waals surface area contributed by atoms with E-state index in [1.165, 1.54) is 22.3 Å². The highest BCUT2D eigenvalue weighted by Gasteiger charge is 2.33. The highest BCUT2D eigenvalue weighted by atomic mass is 15.5. The smallest absolute Gasteiger partial charge is 0.177 e. The minimum atomic E-state index is 0.0159. The van der Waals surface area contributed by atoms with Gasteiger partial charge < -0.3 is 0 Å². The first-order chi connectivity index (χ1) is 13.7. The summed E-state index contributed by atoms with van der Waals surface area (Å²) < 4.78 is 0. The summed E-state index contributed by atoms with van der Waals surface area (Å²) >= 11 is 0. The van der Waals surface area contributed by atoms with Crippen LogP contribution in [0.5, 0.6) is 0 Å². The second-order valence-electron chi connectivity index (χ2n) is 9.17. The summed E-state index contributed by atoms with van der Waals surface area (Å²) in [6, 6.07) is 13.2. The molecule has 0 atom stereocenters. The first kappa shape index (κ1) is 19.3. The molecule has 0 radical (unpaired) electrons. The number of aryl methyl sites for hydroxylation is 1. The third-order valence-corrected chi connectivity index (χ3v) is 6.05. The molecule has 1 heterocycles. The second kappa shape index (κ2) is 6.80. The van der Waals surface area contributed by atoms with Gasteiger partial charge >= 0.3 is 0 Å². The van der Waals surface area contributed by atoms with Crippen LogP contribution in [-0.4, -0.2) is 20.6 Å². The molecule has 2 aromatic carbocycles. The monoisotopic (exact) mass is 384 g/mol. The van der Waals surface area contributed by atoms with Crippen LogP contribution in [0.25, 0.3) is 5.57 Å². The molecule has 0 aliphatic heterocycles. The molecule has 1 aliphatic carbocycles. The van der Waals surface area contributed by atoms with Crippen molar-refractivity contribution in [3.8, 4) is 0 Å². The third kappa shape index (κ3) is 3.55. The maximum absolute atomic E-state index is 4.44. The maximum Gasteiger partial charge on any atom is 0.178 e. The lowest BCUT2D eigenvalue weighted by atomic mass is 9.67. The molecule has 0 spiro atoms. The molecule has 3 aromatic rings. The van der Waals surface area contributed by atoms with E-state index < -0.39 is 0 Å². The summed E-state index contributed by atoms with van der Waals surface area (Å²) in [5, 5.41) is 14.2. The van der Waals surface area contributed by atoms with Gasteiger partial charge in [-0.3, -0.25) is 0 Å². The molecule has 1 N–H and O–H groups in total. The summed E-state index contributed by atoms with van der Waals surface area (Å²) in [5.74, 6) is 0.694. The number of nitrogens with one attached hydrogen (secondary N) is 1. The van der Waals surface area contributed by atoms with Crippen LogP contribution in [-0.2, 0) is 17.3 Å². The topological polar surface area (TPSA) is 54.5 Å². The van der Waals surface area contributed by atoms with Gasteiger partial charge in [-0.15, -0.1) is 10.2 Å². The zero-order valence-corrected chi connectivity index (χ0v) is 17.9. The average molecular weight is 385 g/mol. The van der Waals surface area contributed by atoms with Crippen molar-refractivity contribution in [2.75, 3.05) is 0 Å². The molecule has 0 fully saturated rings. The predicted molar refractivity (Wildman–Crippen MR) is 118 cm³/mol. The van der Waals surface area contributed by atoms with Gasteiger partial charge in [0.05, 0.1) is 0 Å². The highest BCUT2D eigenvalue weighted by molar-refractivity contribution is 5.81. The van der Waals surface area contributed by atoms with E-state index in [2.05, 4.69) is 110 Å².